The highest BCUT2D eigenvalue weighted by molar-refractivity contribution is 5.94. The zero-order chi connectivity index (χ0) is 14.5. The SMILES string of the molecule is COC(=O)NC1CCN(C(=O)c2cccc(C#N)c2)C1. The molecule has 1 aliphatic rings. The number of rotatable bonds is 2. The van der Waals surface area contributed by atoms with E-state index in [4.69, 9.17) is 5.26 Å². The summed E-state index contributed by atoms with van der Waals surface area (Å²) in [4.78, 5) is 25.1. The fourth-order valence-corrected chi connectivity index (χ4v) is 2.19. The molecule has 20 heavy (non-hydrogen) atoms. The maximum absolute atomic E-state index is 12.3. The second kappa shape index (κ2) is 6.06. The lowest BCUT2D eigenvalue weighted by molar-refractivity contribution is 0.0788. The standard InChI is InChI=1S/C14H15N3O3/c1-20-14(19)16-12-5-6-17(9-12)13(18)11-4-2-3-10(7-11)8-15/h2-4,7,12H,5-6,9H2,1H3,(H,16,19). The van der Waals surface area contributed by atoms with Gasteiger partial charge in [0, 0.05) is 18.7 Å². The zero-order valence-electron chi connectivity index (χ0n) is 11.1. The number of likely N-dealkylation sites (tertiary alicyclic amines) is 1. The fourth-order valence-electron chi connectivity index (χ4n) is 2.19. The van der Waals surface area contributed by atoms with Crippen LogP contribution in [0.3, 0.4) is 0 Å². The number of hydrogen-bond acceptors (Lipinski definition) is 4. The average Bonchev–Trinajstić information content (AvgIpc) is 2.94. The van der Waals surface area contributed by atoms with E-state index in [1.165, 1.54) is 7.11 Å². The molecule has 0 radical (unpaired) electrons. The van der Waals surface area contributed by atoms with Gasteiger partial charge in [-0.15, -0.1) is 0 Å². The Labute approximate surface area is 116 Å². The van der Waals surface area contributed by atoms with Crippen LogP contribution in [0.4, 0.5) is 4.79 Å². The van der Waals surface area contributed by atoms with Crippen LogP contribution >= 0.6 is 0 Å². The van der Waals surface area contributed by atoms with Gasteiger partial charge in [-0.1, -0.05) is 6.07 Å². The molecule has 1 aliphatic heterocycles. The Bertz CT molecular complexity index is 565. The van der Waals surface area contributed by atoms with Crippen LogP contribution in [0.2, 0.25) is 0 Å². The number of nitriles is 1. The first-order chi connectivity index (χ1) is 9.63. The summed E-state index contributed by atoms with van der Waals surface area (Å²) in [6.45, 7) is 1.02. The van der Waals surface area contributed by atoms with Gasteiger partial charge in [0.25, 0.3) is 5.91 Å². The van der Waals surface area contributed by atoms with Crippen molar-refractivity contribution in [3.05, 3.63) is 35.4 Å². The van der Waals surface area contributed by atoms with Gasteiger partial charge in [-0.3, -0.25) is 4.79 Å². The molecule has 0 saturated carbocycles. The molecule has 1 fully saturated rings. The van der Waals surface area contributed by atoms with E-state index in [2.05, 4.69) is 10.1 Å². The number of hydrogen-bond donors (Lipinski definition) is 1. The van der Waals surface area contributed by atoms with Crippen molar-refractivity contribution in [2.75, 3.05) is 20.2 Å². The van der Waals surface area contributed by atoms with Crippen LogP contribution in [0, 0.1) is 11.3 Å². The first-order valence-corrected chi connectivity index (χ1v) is 6.28. The molecule has 1 aromatic carbocycles. The summed E-state index contributed by atoms with van der Waals surface area (Å²) in [5.74, 6) is -0.128. The van der Waals surface area contributed by atoms with E-state index in [-0.39, 0.29) is 11.9 Å². The number of nitrogens with one attached hydrogen (secondary N) is 1. The molecule has 0 spiro atoms. The van der Waals surface area contributed by atoms with Crippen molar-refractivity contribution in [2.24, 2.45) is 0 Å². The van der Waals surface area contributed by atoms with Crippen LogP contribution < -0.4 is 5.32 Å². The lowest BCUT2D eigenvalue weighted by Gasteiger charge is -2.17. The molecule has 0 bridgehead atoms. The average molecular weight is 273 g/mol. The van der Waals surface area contributed by atoms with E-state index in [0.717, 1.165) is 0 Å². The minimum Gasteiger partial charge on any atom is -0.453 e. The molecule has 0 aliphatic carbocycles. The third-order valence-electron chi connectivity index (χ3n) is 3.22. The number of amides is 2. The fraction of sp³-hybridized carbons (Fsp3) is 0.357. The van der Waals surface area contributed by atoms with Gasteiger partial charge in [-0.05, 0) is 24.6 Å². The van der Waals surface area contributed by atoms with Gasteiger partial charge in [0.1, 0.15) is 0 Å². The number of carbonyl (C=O) groups excluding carboxylic acids is 2. The van der Waals surface area contributed by atoms with Gasteiger partial charge in [-0.25, -0.2) is 4.79 Å². The predicted octanol–water partition coefficient (Wildman–Crippen LogP) is 1.13. The molecule has 1 heterocycles. The van der Waals surface area contributed by atoms with Gasteiger partial charge in [0.05, 0.1) is 24.8 Å². The molecule has 1 N–H and O–H groups in total. The molecule has 1 atom stereocenters. The van der Waals surface area contributed by atoms with Crippen LogP contribution in [-0.2, 0) is 4.74 Å². The van der Waals surface area contributed by atoms with Gasteiger partial charge >= 0.3 is 6.09 Å². The van der Waals surface area contributed by atoms with E-state index in [1.807, 2.05) is 6.07 Å². The van der Waals surface area contributed by atoms with Crippen molar-refractivity contribution in [1.29, 1.82) is 5.26 Å². The Morgan fingerprint density at radius 3 is 3.00 bits per heavy atom. The maximum Gasteiger partial charge on any atom is 0.407 e. The second-order valence-corrected chi connectivity index (χ2v) is 4.57. The van der Waals surface area contributed by atoms with Crippen molar-refractivity contribution >= 4 is 12.0 Å². The summed E-state index contributed by atoms with van der Waals surface area (Å²) in [6, 6.07) is 8.52. The molecule has 0 aromatic heterocycles. The Morgan fingerprint density at radius 2 is 2.30 bits per heavy atom. The van der Waals surface area contributed by atoms with Crippen LogP contribution in [-0.4, -0.2) is 43.1 Å². The molecule has 1 unspecified atom stereocenters. The largest absolute Gasteiger partial charge is 0.453 e. The lowest BCUT2D eigenvalue weighted by atomic mass is 10.1. The topological polar surface area (TPSA) is 82.4 Å². The molecule has 6 nitrogen and oxygen atoms in total. The van der Waals surface area contributed by atoms with Crippen LogP contribution in [0.15, 0.2) is 24.3 Å². The van der Waals surface area contributed by atoms with Crippen LogP contribution in [0.25, 0.3) is 0 Å². The highest BCUT2D eigenvalue weighted by Crippen LogP contribution is 2.14. The number of alkyl carbamates (subject to hydrolysis) is 1. The Hall–Kier alpha value is -2.55. The van der Waals surface area contributed by atoms with Gasteiger partial charge in [0.2, 0.25) is 0 Å². The molecule has 2 amide bonds. The first kappa shape index (κ1) is 13.9. The molecule has 1 saturated heterocycles. The van der Waals surface area contributed by atoms with Gasteiger partial charge in [0.15, 0.2) is 0 Å². The van der Waals surface area contributed by atoms with E-state index in [9.17, 15) is 9.59 Å². The quantitative estimate of drug-likeness (QED) is 0.875. The predicted molar refractivity (Wildman–Crippen MR) is 71.0 cm³/mol. The van der Waals surface area contributed by atoms with Crippen molar-refractivity contribution in [1.82, 2.24) is 10.2 Å². The molecule has 6 heteroatoms. The number of carbonyl (C=O) groups is 2. The first-order valence-electron chi connectivity index (χ1n) is 6.28. The second-order valence-electron chi connectivity index (χ2n) is 4.57. The van der Waals surface area contributed by atoms with Crippen molar-refractivity contribution in [3.8, 4) is 6.07 Å². The summed E-state index contributed by atoms with van der Waals surface area (Å²) in [5, 5.41) is 11.5. The molecular formula is C14H15N3O3. The molecule has 1 aromatic rings. The van der Waals surface area contributed by atoms with E-state index in [0.29, 0.717) is 30.6 Å². The van der Waals surface area contributed by atoms with Gasteiger partial charge < -0.3 is 15.0 Å². The van der Waals surface area contributed by atoms with Crippen molar-refractivity contribution in [3.63, 3.8) is 0 Å². The molecule has 104 valence electrons. The lowest BCUT2D eigenvalue weighted by Crippen LogP contribution is -2.38. The highest BCUT2D eigenvalue weighted by atomic mass is 16.5. The van der Waals surface area contributed by atoms with Crippen molar-refractivity contribution < 1.29 is 14.3 Å². The van der Waals surface area contributed by atoms with Crippen LogP contribution in [0.5, 0.6) is 0 Å². The normalized spacial score (nSPS) is 17.4. The summed E-state index contributed by atoms with van der Waals surface area (Å²) < 4.78 is 4.53. The zero-order valence-corrected chi connectivity index (χ0v) is 11.1. The summed E-state index contributed by atoms with van der Waals surface area (Å²) >= 11 is 0. The smallest absolute Gasteiger partial charge is 0.407 e. The highest BCUT2D eigenvalue weighted by Gasteiger charge is 2.28. The third-order valence-corrected chi connectivity index (χ3v) is 3.22. The summed E-state index contributed by atoms with van der Waals surface area (Å²) in [6.07, 6.45) is 0.203. The Morgan fingerprint density at radius 1 is 1.50 bits per heavy atom. The number of ether oxygens (including phenoxy) is 1. The van der Waals surface area contributed by atoms with Crippen LogP contribution in [0.1, 0.15) is 22.3 Å². The third kappa shape index (κ3) is 3.06. The molecule has 2 rings (SSSR count). The van der Waals surface area contributed by atoms with E-state index < -0.39 is 6.09 Å². The molecular weight excluding hydrogens is 258 g/mol. The van der Waals surface area contributed by atoms with E-state index >= 15 is 0 Å². The van der Waals surface area contributed by atoms with Gasteiger partial charge in [-0.2, -0.15) is 5.26 Å². The summed E-state index contributed by atoms with van der Waals surface area (Å²) in [7, 11) is 1.31. The Balaban J connectivity index is 2.01. The van der Waals surface area contributed by atoms with Crippen molar-refractivity contribution in [2.45, 2.75) is 12.5 Å². The Kier molecular flexibility index (Phi) is 4.20. The summed E-state index contributed by atoms with van der Waals surface area (Å²) in [5.41, 5.74) is 0.946. The maximum atomic E-state index is 12.3. The number of benzene rings is 1. The van der Waals surface area contributed by atoms with E-state index in [1.54, 1.807) is 29.2 Å². The minimum absolute atomic E-state index is 0.0921. The number of nitrogens with zero attached hydrogens (tertiary/aromatic N) is 2. The monoisotopic (exact) mass is 273 g/mol. The minimum atomic E-state index is -0.490. The number of methoxy groups -OCH3 is 1.